The van der Waals surface area contributed by atoms with Crippen molar-refractivity contribution in [2.24, 2.45) is 12.8 Å². The number of rotatable bonds is 3. The molecule has 0 aliphatic carbocycles. The number of halogens is 3. The molecule has 2 N–H and O–H groups in total. The van der Waals surface area contributed by atoms with E-state index in [0.717, 1.165) is 17.8 Å². The number of nitrogens with zero attached hydrogens (tertiary/aromatic N) is 2. The number of hydrogen-bond acceptors (Lipinski definition) is 2. The lowest BCUT2D eigenvalue weighted by Gasteiger charge is -2.14. The van der Waals surface area contributed by atoms with Gasteiger partial charge < -0.3 is 10.3 Å². The minimum absolute atomic E-state index is 0.337. The Morgan fingerprint density at radius 2 is 2.11 bits per heavy atom. The number of alkyl halides is 3. The predicted molar refractivity (Wildman–Crippen MR) is 65.3 cm³/mol. The van der Waals surface area contributed by atoms with Crippen molar-refractivity contribution in [3.63, 3.8) is 0 Å². The summed E-state index contributed by atoms with van der Waals surface area (Å²) < 4.78 is 39.6. The molecule has 0 amide bonds. The summed E-state index contributed by atoms with van der Waals surface area (Å²) in [6.45, 7) is 0. The molecule has 1 aromatic carbocycles. The molecule has 1 atom stereocenters. The van der Waals surface area contributed by atoms with Crippen LogP contribution >= 0.6 is 0 Å². The van der Waals surface area contributed by atoms with Crippen molar-refractivity contribution in [1.82, 2.24) is 9.55 Å². The van der Waals surface area contributed by atoms with Crippen molar-refractivity contribution in [2.75, 3.05) is 0 Å². The Balaban J connectivity index is 2.18. The maximum absolute atomic E-state index is 12.6. The normalized spacial score (nSPS) is 13.5. The first kappa shape index (κ1) is 13.6. The van der Waals surface area contributed by atoms with E-state index in [4.69, 9.17) is 5.73 Å². The van der Waals surface area contributed by atoms with E-state index in [9.17, 15) is 13.2 Å². The minimum Gasteiger partial charge on any atom is -0.336 e. The van der Waals surface area contributed by atoms with Crippen molar-refractivity contribution in [3.8, 4) is 0 Å². The zero-order valence-corrected chi connectivity index (χ0v) is 10.4. The molecule has 3 nitrogen and oxygen atoms in total. The van der Waals surface area contributed by atoms with Crippen LogP contribution in [0.2, 0.25) is 0 Å². The van der Waals surface area contributed by atoms with Crippen LogP contribution in [-0.2, 0) is 19.6 Å². The Labute approximate surface area is 108 Å². The monoisotopic (exact) mass is 269 g/mol. The highest BCUT2D eigenvalue weighted by Crippen LogP contribution is 2.30. The van der Waals surface area contributed by atoms with E-state index in [0.29, 0.717) is 12.0 Å². The highest BCUT2D eigenvalue weighted by Gasteiger charge is 2.30. The maximum atomic E-state index is 12.6. The molecule has 0 spiro atoms. The Kier molecular flexibility index (Phi) is 3.61. The van der Waals surface area contributed by atoms with Crippen LogP contribution in [0.3, 0.4) is 0 Å². The van der Waals surface area contributed by atoms with Crippen molar-refractivity contribution < 1.29 is 13.2 Å². The maximum Gasteiger partial charge on any atom is 0.416 e. The topological polar surface area (TPSA) is 43.8 Å². The van der Waals surface area contributed by atoms with Crippen LogP contribution in [0, 0.1) is 0 Å². The molecule has 0 aliphatic heterocycles. The average Bonchev–Trinajstić information content (AvgIpc) is 2.75. The van der Waals surface area contributed by atoms with Gasteiger partial charge >= 0.3 is 6.18 Å². The van der Waals surface area contributed by atoms with E-state index in [1.54, 1.807) is 30.2 Å². The molecule has 1 heterocycles. The van der Waals surface area contributed by atoms with Gasteiger partial charge in [0.15, 0.2) is 0 Å². The van der Waals surface area contributed by atoms with Crippen LogP contribution in [-0.4, -0.2) is 9.55 Å². The van der Waals surface area contributed by atoms with Crippen LogP contribution in [0.5, 0.6) is 0 Å². The molecule has 0 aliphatic rings. The van der Waals surface area contributed by atoms with Crippen LogP contribution < -0.4 is 5.73 Å². The molecule has 1 unspecified atom stereocenters. The zero-order valence-electron chi connectivity index (χ0n) is 10.4. The first-order chi connectivity index (χ1) is 8.88. The molecule has 6 heteroatoms. The van der Waals surface area contributed by atoms with Crippen LogP contribution in [0.1, 0.15) is 22.9 Å². The van der Waals surface area contributed by atoms with E-state index in [-0.39, 0.29) is 6.04 Å². The molecular weight excluding hydrogens is 255 g/mol. The van der Waals surface area contributed by atoms with Gasteiger partial charge in [-0.05, 0) is 18.1 Å². The molecule has 102 valence electrons. The summed E-state index contributed by atoms with van der Waals surface area (Å²) in [4.78, 5) is 3.94. The number of hydrogen-bond donors (Lipinski definition) is 1. The molecule has 1 aromatic heterocycles. The Hall–Kier alpha value is -1.82. The number of aromatic nitrogens is 2. The molecule has 0 saturated heterocycles. The van der Waals surface area contributed by atoms with E-state index in [1.807, 2.05) is 0 Å². The molecule has 2 aromatic rings. The highest BCUT2D eigenvalue weighted by molar-refractivity contribution is 5.27. The van der Waals surface area contributed by atoms with Crippen molar-refractivity contribution in [1.29, 1.82) is 0 Å². The van der Waals surface area contributed by atoms with E-state index in [1.165, 1.54) is 6.07 Å². The Bertz CT molecular complexity index is 560. The fourth-order valence-electron chi connectivity index (χ4n) is 1.96. The van der Waals surface area contributed by atoms with E-state index < -0.39 is 11.7 Å². The quantitative estimate of drug-likeness (QED) is 0.931. The minimum atomic E-state index is -4.33. The second-order valence-corrected chi connectivity index (χ2v) is 4.44. The highest BCUT2D eigenvalue weighted by atomic mass is 19.4. The van der Waals surface area contributed by atoms with Gasteiger partial charge in [0.1, 0.15) is 0 Å². The summed E-state index contributed by atoms with van der Waals surface area (Å²) >= 11 is 0. The number of benzene rings is 1. The van der Waals surface area contributed by atoms with Gasteiger partial charge in [-0.1, -0.05) is 18.2 Å². The molecule has 0 bridgehead atoms. The summed E-state index contributed by atoms with van der Waals surface area (Å²) in [5.41, 5.74) is 6.69. The molecule has 0 fully saturated rings. The fraction of sp³-hybridized carbons (Fsp3) is 0.308. The molecular formula is C13H14F3N3. The molecule has 0 saturated carbocycles. The smallest absolute Gasteiger partial charge is 0.336 e. The predicted octanol–water partition coefficient (Wildman–Crippen LogP) is 2.68. The standard InChI is InChI=1S/C13H14F3N3/c1-19-8-18-7-12(19)11(17)6-9-3-2-4-10(5-9)13(14,15)16/h2-5,7-8,11H,6,17H2,1H3. The van der Waals surface area contributed by atoms with Gasteiger partial charge in [0, 0.05) is 13.2 Å². The van der Waals surface area contributed by atoms with E-state index >= 15 is 0 Å². The Morgan fingerprint density at radius 3 is 2.68 bits per heavy atom. The first-order valence-electron chi connectivity index (χ1n) is 5.76. The van der Waals surface area contributed by atoms with Gasteiger partial charge in [-0.2, -0.15) is 13.2 Å². The number of imidazole rings is 1. The molecule has 2 rings (SSSR count). The van der Waals surface area contributed by atoms with Gasteiger partial charge in [0.25, 0.3) is 0 Å². The second-order valence-electron chi connectivity index (χ2n) is 4.44. The molecule has 19 heavy (non-hydrogen) atoms. The Morgan fingerprint density at radius 1 is 1.37 bits per heavy atom. The van der Waals surface area contributed by atoms with Crippen LogP contribution in [0.25, 0.3) is 0 Å². The summed E-state index contributed by atoms with van der Waals surface area (Å²) in [7, 11) is 1.80. The van der Waals surface area contributed by atoms with Gasteiger partial charge in [-0.15, -0.1) is 0 Å². The van der Waals surface area contributed by atoms with Crippen LogP contribution in [0.4, 0.5) is 13.2 Å². The van der Waals surface area contributed by atoms with Crippen molar-refractivity contribution in [3.05, 3.63) is 53.6 Å². The third-order valence-electron chi connectivity index (χ3n) is 2.94. The first-order valence-corrected chi connectivity index (χ1v) is 5.76. The SMILES string of the molecule is Cn1cncc1C(N)Cc1cccc(C(F)(F)F)c1. The molecule has 0 radical (unpaired) electrons. The van der Waals surface area contributed by atoms with Gasteiger partial charge in [0.2, 0.25) is 0 Å². The summed E-state index contributed by atoms with van der Waals surface area (Å²) in [5, 5.41) is 0. The summed E-state index contributed by atoms with van der Waals surface area (Å²) in [6, 6.07) is 4.85. The lowest BCUT2D eigenvalue weighted by molar-refractivity contribution is -0.137. The van der Waals surface area contributed by atoms with Crippen molar-refractivity contribution >= 4 is 0 Å². The lowest BCUT2D eigenvalue weighted by Crippen LogP contribution is -2.17. The van der Waals surface area contributed by atoms with Gasteiger partial charge in [-0.3, -0.25) is 0 Å². The average molecular weight is 269 g/mol. The zero-order chi connectivity index (χ0) is 14.0. The number of nitrogens with two attached hydrogens (primary N) is 1. The summed E-state index contributed by atoms with van der Waals surface area (Å²) in [5.74, 6) is 0. The van der Waals surface area contributed by atoms with Crippen LogP contribution in [0.15, 0.2) is 36.8 Å². The third-order valence-corrected chi connectivity index (χ3v) is 2.94. The fourth-order valence-corrected chi connectivity index (χ4v) is 1.96. The third kappa shape index (κ3) is 3.14. The van der Waals surface area contributed by atoms with Gasteiger partial charge in [0.05, 0.1) is 23.6 Å². The summed E-state index contributed by atoms with van der Waals surface area (Å²) in [6.07, 6.45) is -0.754. The van der Waals surface area contributed by atoms with Crippen molar-refractivity contribution in [2.45, 2.75) is 18.6 Å². The van der Waals surface area contributed by atoms with Gasteiger partial charge in [-0.25, -0.2) is 4.98 Å². The number of aryl methyl sites for hydroxylation is 1. The van der Waals surface area contributed by atoms with E-state index in [2.05, 4.69) is 4.98 Å². The second kappa shape index (κ2) is 5.05. The lowest BCUT2D eigenvalue weighted by atomic mass is 10.0. The largest absolute Gasteiger partial charge is 0.416 e.